The monoisotopic (exact) mass is 502 g/mol. The van der Waals surface area contributed by atoms with Gasteiger partial charge >= 0.3 is 0 Å². The Morgan fingerprint density at radius 1 is 0.973 bits per heavy atom. The zero-order valence-electron chi connectivity index (χ0n) is 23.0. The van der Waals surface area contributed by atoms with E-state index in [1.165, 1.54) is 101 Å². The zero-order chi connectivity index (χ0) is 25.4. The molecule has 1 aromatic carbocycles. The van der Waals surface area contributed by atoms with Crippen molar-refractivity contribution in [2.45, 2.75) is 95.9 Å². The predicted molar refractivity (Wildman–Crippen MR) is 153 cm³/mol. The average molecular weight is 503 g/mol. The molecular formula is C34H50N2O. The van der Waals surface area contributed by atoms with Gasteiger partial charge in [0, 0.05) is 12.2 Å². The minimum atomic E-state index is -0.278. The summed E-state index contributed by atoms with van der Waals surface area (Å²) in [6, 6.07) is 10.3. The number of carbonyl (C=O) groups is 1. The van der Waals surface area contributed by atoms with E-state index in [1.54, 1.807) is 0 Å². The highest BCUT2D eigenvalue weighted by atomic mass is 16.1. The number of benzene rings is 1. The topological polar surface area (TPSA) is 55.1 Å². The molecule has 5 aliphatic carbocycles. The molecule has 3 heteroatoms. The van der Waals surface area contributed by atoms with Crippen molar-refractivity contribution in [3.63, 3.8) is 0 Å². The quantitative estimate of drug-likeness (QED) is 0.270. The van der Waals surface area contributed by atoms with Crippen molar-refractivity contribution < 1.29 is 4.79 Å². The number of nitrogens with one attached hydrogen (secondary N) is 1. The third kappa shape index (κ3) is 4.95. The molecular weight excluding hydrogens is 452 g/mol. The summed E-state index contributed by atoms with van der Waals surface area (Å²) in [5, 5.41) is 3.65. The molecule has 0 bridgehead atoms. The van der Waals surface area contributed by atoms with Gasteiger partial charge in [-0.15, -0.1) is 0 Å². The first kappa shape index (κ1) is 25.7. The number of nitrogens with two attached hydrogens (primary N) is 1. The van der Waals surface area contributed by atoms with Gasteiger partial charge in [-0.1, -0.05) is 68.9 Å². The van der Waals surface area contributed by atoms with Gasteiger partial charge in [0.1, 0.15) is 6.29 Å². The molecule has 0 aliphatic heterocycles. The molecule has 3 N–H and O–H groups in total. The van der Waals surface area contributed by atoms with E-state index in [1.807, 2.05) is 0 Å². The number of aldehydes is 1. The van der Waals surface area contributed by atoms with Gasteiger partial charge in [-0.3, -0.25) is 0 Å². The summed E-state index contributed by atoms with van der Waals surface area (Å²) in [4.78, 5) is 12.2. The minimum absolute atomic E-state index is 0.0766. The number of allylic oxidation sites excluding steroid dienone is 1. The molecule has 37 heavy (non-hydrogen) atoms. The third-order valence-electron chi connectivity index (χ3n) is 12.1. The molecule has 0 aromatic heterocycles. The molecule has 0 radical (unpaired) electrons. The fourth-order valence-electron chi connectivity index (χ4n) is 10.2. The standard InChI is InChI=1S/C34H50N2O/c1-23-12-15-31-33(30-20-27(19-29(23)30)26-8-4-2-5-9-26)34(31,32(35)22-37)17-16-24-13-14-25(18-24)21-36-28-10-6-3-7-11-28/h3,6-7,10-11,22,24-27,29-33,36H,1-2,4-5,8-9,12-21,35H2/t24-,25+,27+,29-,30+,31+,32+,33+,34-/m1/s1. The van der Waals surface area contributed by atoms with E-state index in [4.69, 9.17) is 5.73 Å². The highest BCUT2D eigenvalue weighted by molar-refractivity contribution is 5.61. The van der Waals surface area contributed by atoms with Gasteiger partial charge in [-0.05, 0) is 116 Å². The first-order chi connectivity index (χ1) is 18.1. The second kappa shape index (κ2) is 10.9. The van der Waals surface area contributed by atoms with Crippen LogP contribution >= 0.6 is 0 Å². The third-order valence-corrected chi connectivity index (χ3v) is 12.1. The molecule has 1 aromatic rings. The van der Waals surface area contributed by atoms with Crippen molar-refractivity contribution in [3.8, 4) is 0 Å². The number of fused-ring (bicyclic) bond motifs is 3. The fraction of sp³-hybridized carbons (Fsp3) is 0.735. The van der Waals surface area contributed by atoms with Gasteiger partial charge in [0.05, 0.1) is 6.04 Å². The molecule has 5 saturated carbocycles. The van der Waals surface area contributed by atoms with Gasteiger partial charge in [0.25, 0.3) is 0 Å². The summed E-state index contributed by atoms with van der Waals surface area (Å²) in [5.74, 6) is 6.16. The van der Waals surface area contributed by atoms with E-state index in [2.05, 4.69) is 42.2 Å². The second-order valence-corrected chi connectivity index (χ2v) is 13.8. The lowest BCUT2D eigenvalue weighted by atomic mass is 9.77. The lowest BCUT2D eigenvalue weighted by molar-refractivity contribution is -0.110. The Kier molecular flexibility index (Phi) is 7.54. The lowest BCUT2D eigenvalue weighted by Crippen LogP contribution is -2.37. The Balaban J connectivity index is 1.10. The first-order valence-corrected chi connectivity index (χ1v) is 15.8. The van der Waals surface area contributed by atoms with Gasteiger partial charge in [-0.25, -0.2) is 0 Å². The van der Waals surface area contributed by atoms with Crippen LogP contribution in [0, 0.1) is 52.8 Å². The summed E-state index contributed by atoms with van der Waals surface area (Å²) >= 11 is 0. The molecule has 5 aliphatic rings. The van der Waals surface area contributed by atoms with Crippen molar-refractivity contribution in [3.05, 3.63) is 42.5 Å². The molecule has 0 saturated heterocycles. The van der Waals surface area contributed by atoms with E-state index in [-0.39, 0.29) is 11.5 Å². The van der Waals surface area contributed by atoms with Crippen LogP contribution in [0.3, 0.4) is 0 Å². The van der Waals surface area contributed by atoms with E-state index < -0.39 is 0 Å². The van der Waals surface area contributed by atoms with Crippen molar-refractivity contribution in [1.29, 1.82) is 0 Å². The average Bonchev–Trinajstić information content (AvgIpc) is 3.21. The highest BCUT2D eigenvalue weighted by Gasteiger charge is 2.70. The Bertz CT molecular complexity index is 938. The molecule has 202 valence electrons. The Hall–Kier alpha value is -1.61. The fourth-order valence-corrected chi connectivity index (χ4v) is 10.2. The number of hydrogen-bond donors (Lipinski definition) is 2. The molecule has 3 nitrogen and oxygen atoms in total. The van der Waals surface area contributed by atoms with Gasteiger partial charge in [-0.2, -0.15) is 0 Å². The van der Waals surface area contributed by atoms with Crippen LogP contribution in [0.15, 0.2) is 42.5 Å². The van der Waals surface area contributed by atoms with E-state index in [9.17, 15) is 4.79 Å². The largest absolute Gasteiger partial charge is 0.385 e. The Morgan fingerprint density at radius 3 is 2.54 bits per heavy atom. The number of anilines is 1. The molecule has 0 amide bonds. The SMILES string of the molecule is C=C1CC[C@H]2[C@H]([C@H]3C[C@@H](C4CCCCC4)C[C@H]13)[C@@]2(CC[C@H]1CC[C@H](CNc2ccccc2)C1)[C@@H](N)C=O. The summed E-state index contributed by atoms with van der Waals surface area (Å²) in [6.07, 6.45) is 19.9. The van der Waals surface area contributed by atoms with Crippen LogP contribution in [0.4, 0.5) is 5.69 Å². The van der Waals surface area contributed by atoms with Gasteiger partial charge < -0.3 is 15.8 Å². The molecule has 0 unspecified atom stereocenters. The maximum absolute atomic E-state index is 12.2. The van der Waals surface area contributed by atoms with Crippen molar-refractivity contribution in [2.24, 2.45) is 58.5 Å². The number of rotatable bonds is 9. The number of hydrogen-bond acceptors (Lipinski definition) is 3. The summed E-state index contributed by atoms with van der Waals surface area (Å²) in [5.41, 5.74) is 9.59. The van der Waals surface area contributed by atoms with Crippen LogP contribution in [0.5, 0.6) is 0 Å². The minimum Gasteiger partial charge on any atom is -0.385 e. The van der Waals surface area contributed by atoms with Crippen LogP contribution in [0.25, 0.3) is 0 Å². The van der Waals surface area contributed by atoms with Crippen LogP contribution < -0.4 is 11.1 Å². The highest BCUT2D eigenvalue weighted by Crippen LogP contribution is 2.74. The first-order valence-electron chi connectivity index (χ1n) is 15.8. The second-order valence-electron chi connectivity index (χ2n) is 13.8. The lowest BCUT2D eigenvalue weighted by Gasteiger charge is -2.29. The molecule has 0 spiro atoms. The summed E-state index contributed by atoms with van der Waals surface area (Å²) in [6.45, 7) is 5.70. The number of para-hydroxylation sites is 1. The van der Waals surface area contributed by atoms with Crippen LogP contribution in [0.2, 0.25) is 0 Å². The van der Waals surface area contributed by atoms with Gasteiger partial charge in [0.15, 0.2) is 0 Å². The molecule has 5 fully saturated rings. The van der Waals surface area contributed by atoms with E-state index in [0.29, 0.717) is 17.8 Å². The van der Waals surface area contributed by atoms with Crippen LogP contribution in [0.1, 0.15) is 89.9 Å². The Morgan fingerprint density at radius 2 is 1.76 bits per heavy atom. The predicted octanol–water partition coefficient (Wildman–Crippen LogP) is 7.63. The maximum Gasteiger partial charge on any atom is 0.137 e. The van der Waals surface area contributed by atoms with Crippen molar-refractivity contribution in [1.82, 2.24) is 0 Å². The normalized spacial score (nSPS) is 40.5. The maximum atomic E-state index is 12.2. The molecule has 0 heterocycles. The van der Waals surface area contributed by atoms with E-state index >= 15 is 0 Å². The molecule has 6 rings (SSSR count). The summed E-state index contributed by atoms with van der Waals surface area (Å²) < 4.78 is 0. The van der Waals surface area contributed by atoms with Crippen molar-refractivity contribution >= 4 is 12.0 Å². The molecule has 9 atom stereocenters. The van der Waals surface area contributed by atoms with Crippen LogP contribution in [-0.2, 0) is 4.79 Å². The van der Waals surface area contributed by atoms with Crippen LogP contribution in [-0.4, -0.2) is 18.9 Å². The van der Waals surface area contributed by atoms with Crippen molar-refractivity contribution in [2.75, 3.05) is 11.9 Å². The Labute approximate surface area is 225 Å². The van der Waals surface area contributed by atoms with E-state index in [0.717, 1.165) is 42.4 Å². The zero-order valence-corrected chi connectivity index (χ0v) is 23.0. The smallest absolute Gasteiger partial charge is 0.137 e. The summed E-state index contributed by atoms with van der Waals surface area (Å²) in [7, 11) is 0. The van der Waals surface area contributed by atoms with Gasteiger partial charge in [0.2, 0.25) is 0 Å². The number of carbonyl (C=O) groups excluding carboxylic acids is 1.